The predicted molar refractivity (Wildman–Crippen MR) is 81.8 cm³/mol. The van der Waals surface area contributed by atoms with E-state index in [9.17, 15) is 4.79 Å². The standard InChI is InChI=1S/C16H19NO2S/c1-4-19-16(18)14(11(2)3)13-10-20-15(17-13)12-8-6-5-7-9-12/h5-11,14H,4H2,1-3H3. The Bertz CT molecular complexity index is 563. The van der Waals surface area contributed by atoms with Gasteiger partial charge in [-0.1, -0.05) is 44.2 Å². The van der Waals surface area contributed by atoms with Crippen LogP contribution in [-0.2, 0) is 9.53 Å². The van der Waals surface area contributed by atoms with Crippen molar-refractivity contribution in [2.24, 2.45) is 5.92 Å². The number of ether oxygens (including phenoxy) is 1. The van der Waals surface area contributed by atoms with E-state index in [1.54, 1.807) is 11.3 Å². The van der Waals surface area contributed by atoms with Crippen LogP contribution in [0.4, 0.5) is 0 Å². The molecule has 1 atom stereocenters. The molecule has 0 bridgehead atoms. The van der Waals surface area contributed by atoms with Crippen molar-refractivity contribution >= 4 is 17.3 Å². The first-order chi connectivity index (χ1) is 9.63. The van der Waals surface area contributed by atoms with Gasteiger partial charge in [0.1, 0.15) is 10.9 Å². The van der Waals surface area contributed by atoms with Gasteiger partial charge < -0.3 is 4.74 Å². The number of carbonyl (C=O) groups excluding carboxylic acids is 1. The van der Waals surface area contributed by atoms with Crippen LogP contribution in [0.1, 0.15) is 32.4 Å². The van der Waals surface area contributed by atoms with Crippen molar-refractivity contribution in [2.75, 3.05) is 6.61 Å². The second kappa shape index (κ2) is 6.66. The Morgan fingerprint density at radius 3 is 2.60 bits per heavy atom. The van der Waals surface area contributed by atoms with Crippen molar-refractivity contribution in [1.29, 1.82) is 0 Å². The molecule has 0 amide bonds. The highest BCUT2D eigenvalue weighted by atomic mass is 32.1. The third kappa shape index (κ3) is 3.25. The van der Waals surface area contributed by atoms with Crippen LogP contribution >= 0.6 is 11.3 Å². The summed E-state index contributed by atoms with van der Waals surface area (Å²) in [7, 11) is 0. The van der Waals surface area contributed by atoms with E-state index in [1.165, 1.54) is 0 Å². The molecule has 3 nitrogen and oxygen atoms in total. The average molecular weight is 289 g/mol. The lowest BCUT2D eigenvalue weighted by atomic mass is 9.93. The minimum Gasteiger partial charge on any atom is -0.465 e. The molecule has 0 fully saturated rings. The van der Waals surface area contributed by atoms with Crippen molar-refractivity contribution in [2.45, 2.75) is 26.7 Å². The van der Waals surface area contributed by atoms with E-state index in [0.717, 1.165) is 16.3 Å². The van der Waals surface area contributed by atoms with E-state index in [0.29, 0.717) is 6.61 Å². The number of carbonyl (C=O) groups is 1. The Balaban J connectivity index is 2.28. The summed E-state index contributed by atoms with van der Waals surface area (Å²) >= 11 is 1.56. The van der Waals surface area contributed by atoms with Gasteiger partial charge in [0.05, 0.1) is 12.3 Å². The lowest BCUT2D eigenvalue weighted by Crippen LogP contribution is -2.21. The molecule has 0 spiro atoms. The van der Waals surface area contributed by atoms with E-state index in [-0.39, 0.29) is 17.8 Å². The zero-order valence-electron chi connectivity index (χ0n) is 12.0. The second-order valence-corrected chi connectivity index (χ2v) is 5.78. The number of thiazole rings is 1. The molecule has 1 aromatic heterocycles. The third-order valence-electron chi connectivity index (χ3n) is 3.07. The van der Waals surface area contributed by atoms with Crippen molar-refractivity contribution < 1.29 is 9.53 Å². The fourth-order valence-electron chi connectivity index (χ4n) is 2.11. The number of nitrogens with zero attached hydrogens (tertiary/aromatic N) is 1. The summed E-state index contributed by atoms with van der Waals surface area (Å²) in [6.45, 7) is 6.26. The molecule has 0 N–H and O–H groups in total. The number of rotatable bonds is 5. The van der Waals surface area contributed by atoms with Crippen LogP contribution in [0, 0.1) is 5.92 Å². The zero-order valence-corrected chi connectivity index (χ0v) is 12.8. The molecule has 0 aliphatic heterocycles. The van der Waals surface area contributed by atoms with Crippen molar-refractivity contribution in [1.82, 2.24) is 4.98 Å². The van der Waals surface area contributed by atoms with Crippen molar-refractivity contribution in [3.63, 3.8) is 0 Å². The summed E-state index contributed by atoms with van der Waals surface area (Å²) in [6.07, 6.45) is 0. The molecular weight excluding hydrogens is 270 g/mol. The maximum Gasteiger partial charge on any atom is 0.315 e. The topological polar surface area (TPSA) is 39.2 Å². The summed E-state index contributed by atoms with van der Waals surface area (Å²) < 4.78 is 5.16. The highest BCUT2D eigenvalue weighted by Crippen LogP contribution is 2.31. The van der Waals surface area contributed by atoms with E-state index < -0.39 is 0 Å². The molecule has 0 aliphatic rings. The van der Waals surface area contributed by atoms with Gasteiger partial charge in [-0.2, -0.15) is 0 Å². The van der Waals surface area contributed by atoms with Crippen LogP contribution in [0.15, 0.2) is 35.7 Å². The molecule has 1 heterocycles. The van der Waals surface area contributed by atoms with Crippen LogP contribution in [0.3, 0.4) is 0 Å². The first-order valence-corrected chi connectivity index (χ1v) is 7.69. The monoisotopic (exact) mass is 289 g/mol. The fraction of sp³-hybridized carbons (Fsp3) is 0.375. The van der Waals surface area contributed by atoms with Crippen LogP contribution in [-0.4, -0.2) is 17.6 Å². The molecule has 0 saturated carbocycles. The van der Waals surface area contributed by atoms with Crippen LogP contribution in [0.5, 0.6) is 0 Å². The molecule has 4 heteroatoms. The van der Waals surface area contributed by atoms with Crippen LogP contribution in [0.2, 0.25) is 0 Å². The van der Waals surface area contributed by atoms with E-state index >= 15 is 0 Å². The first-order valence-electron chi connectivity index (χ1n) is 6.81. The van der Waals surface area contributed by atoms with Gasteiger partial charge in [-0.3, -0.25) is 4.79 Å². The number of aromatic nitrogens is 1. The molecule has 0 saturated heterocycles. The quantitative estimate of drug-likeness (QED) is 0.777. The minimum atomic E-state index is -0.288. The van der Waals surface area contributed by atoms with E-state index in [1.807, 2.05) is 56.5 Å². The first kappa shape index (κ1) is 14.7. The van der Waals surface area contributed by atoms with Crippen molar-refractivity contribution in [3.8, 4) is 10.6 Å². The molecule has 0 radical (unpaired) electrons. The number of esters is 1. The molecule has 0 aliphatic carbocycles. The normalized spacial score (nSPS) is 12.4. The van der Waals surface area contributed by atoms with Gasteiger partial charge in [0.2, 0.25) is 0 Å². The second-order valence-electron chi connectivity index (χ2n) is 4.92. The highest BCUT2D eigenvalue weighted by molar-refractivity contribution is 7.13. The summed E-state index contributed by atoms with van der Waals surface area (Å²) in [5.74, 6) is -0.309. The number of hydrogen-bond acceptors (Lipinski definition) is 4. The Kier molecular flexibility index (Phi) is 4.90. The number of benzene rings is 1. The molecule has 2 rings (SSSR count). The van der Waals surface area contributed by atoms with Gasteiger partial charge in [-0.15, -0.1) is 11.3 Å². The molecule has 20 heavy (non-hydrogen) atoms. The summed E-state index contributed by atoms with van der Waals surface area (Å²) in [5.41, 5.74) is 1.89. The molecule has 106 valence electrons. The summed E-state index contributed by atoms with van der Waals surface area (Å²) in [5, 5.41) is 2.90. The maximum atomic E-state index is 12.1. The minimum absolute atomic E-state index is 0.166. The Hall–Kier alpha value is -1.68. The Labute approximate surface area is 123 Å². The van der Waals surface area contributed by atoms with Gasteiger partial charge in [0.15, 0.2) is 0 Å². The van der Waals surface area contributed by atoms with Gasteiger partial charge in [-0.05, 0) is 12.8 Å². The molecule has 1 unspecified atom stereocenters. The SMILES string of the molecule is CCOC(=O)C(c1csc(-c2ccccc2)n1)C(C)C. The summed E-state index contributed by atoms with van der Waals surface area (Å²) in [4.78, 5) is 16.7. The van der Waals surface area contributed by atoms with Crippen LogP contribution in [0.25, 0.3) is 10.6 Å². The lowest BCUT2D eigenvalue weighted by Gasteiger charge is -2.16. The largest absolute Gasteiger partial charge is 0.465 e. The maximum absolute atomic E-state index is 12.1. The average Bonchev–Trinajstić information content (AvgIpc) is 2.89. The van der Waals surface area contributed by atoms with Gasteiger partial charge in [-0.25, -0.2) is 4.98 Å². The van der Waals surface area contributed by atoms with Crippen LogP contribution < -0.4 is 0 Å². The van der Waals surface area contributed by atoms with Gasteiger partial charge in [0, 0.05) is 10.9 Å². The zero-order chi connectivity index (χ0) is 14.5. The predicted octanol–water partition coefficient (Wildman–Crippen LogP) is 4.11. The Morgan fingerprint density at radius 2 is 2.00 bits per heavy atom. The van der Waals surface area contributed by atoms with Gasteiger partial charge >= 0.3 is 5.97 Å². The fourth-order valence-corrected chi connectivity index (χ4v) is 2.97. The van der Waals surface area contributed by atoms with E-state index in [2.05, 4.69) is 4.98 Å². The van der Waals surface area contributed by atoms with Gasteiger partial charge in [0.25, 0.3) is 0 Å². The highest BCUT2D eigenvalue weighted by Gasteiger charge is 2.28. The smallest absolute Gasteiger partial charge is 0.315 e. The van der Waals surface area contributed by atoms with E-state index in [4.69, 9.17) is 4.74 Å². The molecule has 1 aromatic carbocycles. The summed E-state index contributed by atoms with van der Waals surface area (Å²) in [6, 6.07) is 10.0. The Morgan fingerprint density at radius 1 is 1.30 bits per heavy atom. The molecular formula is C16H19NO2S. The van der Waals surface area contributed by atoms with Crippen molar-refractivity contribution in [3.05, 3.63) is 41.4 Å². The third-order valence-corrected chi connectivity index (χ3v) is 3.98. The lowest BCUT2D eigenvalue weighted by molar-refractivity contribution is -0.146. The molecule has 2 aromatic rings. The number of hydrogen-bond donors (Lipinski definition) is 0.